The molecule has 0 atom stereocenters. The number of rotatable bonds is 2. The molecule has 3 heteroatoms. The normalized spacial score (nSPS) is 20.7. The Labute approximate surface area is 103 Å². The molecule has 1 N–H and O–H groups in total. The Bertz CT molecular complexity index is 384. The van der Waals surface area contributed by atoms with E-state index in [0.717, 1.165) is 45.8 Å². The van der Waals surface area contributed by atoms with Crippen LogP contribution in [-0.2, 0) is 17.7 Å². The van der Waals surface area contributed by atoms with Crippen LogP contribution >= 0.6 is 0 Å². The first kappa shape index (κ1) is 11.1. The van der Waals surface area contributed by atoms with Gasteiger partial charge in [0.05, 0.1) is 6.61 Å². The molecular weight excluding hydrogens is 212 g/mol. The summed E-state index contributed by atoms with van der Waals surface area (Å²) in [5, 5.41) is 3.52. The van der Waals surface area contributed by atoms with Gasteiger partial charge >= 0.3 is 0 Å². The average molecular weight is 232 g/mol. The summed E-state index contributed by atoms with van der Waals surface area (Å²) in [6.07, 6.45) is 2.33. The lowest BCUT2D eigenvalue weighted by molar-refractivity contribution is 0.140. The zero-order valence-corrected chi connectivity index (χ0v) is 10.2. The molecule has 1 fully saturated rings. The molecule has 0 amide bonds. The monoisotopic (exact) mass is 232 g/mol. The maximum Gasteiger partial charge on any atom is 0.0593 e. The maximum absolute atomic E-state index is 5.50. The number of para-hydroxylation sites is 1. The number of benzene rings is 1. The summed E-state index contributed by atoms with van der Waals surface area (Å²) < 4.78 is 5.50. The summed E-state index contributed by atoms with van der Waals surface area (Å²) in [5.41, 5.74) is 4.31. The molecule has 0 saturated carbocycles. The Morgan fingerprint density at radius 1 is 1.24 bits per heavy atom. The van der Waals surface area contributed by atoms with Crippen molar-refractivity contribution in [1.29, 1.82) is 0 Å². The fraction of sp³-hybridized carbons (Fsp3) is 0.571. The van der Waals surface area contributed by atoms with Gasteiger partial charge in [-0.05, 0) is 24.0 Å². The Hall–Kier alpha value is -1.06. The van der Waals surface area contributed by atoms with Crippen LogP contribution in [0.2, 0.25) is 0 Å². The number of fused-ring (bicyclic) bond motifs is 1. The minimum Gasteiger partial charge on any atom is -0.384 e. The number of anilines is 1. The zero-order valence-electron chi connectivity index (χ0n) is 10.2. The first-order valence-corrected chi connectivity index (χ1v) is 6.58. The van der Waals surface area contributed by atoms with E-state index in [4.69, 9.17) is 4.74 Å². The minimum absolute atomic E-state index is 0.877. The molecule has 0 aromatic heterocycles. The largest absolute Gasteiger partial charge is 0.384 e. The van der Waals surface area contributed by atoms with Crippen LogP contribution in [0.25, 0.3) is 0 Å². The van der Waals surface area contributed by atoms with Crippen molar-refractivity contribution < 1.29 is 4.74 Å². The van der Waals surface area contributed by atoms with Gasteiger partial charge in [0.25, 0.3) is 0 Å². The highest BCUT2D eigenvalue weighted by molar-refractivity contribution is 5.61. The van der Waals surface area contributed by atoms with Crippen LogP contribution in [0.4, 0.5) is 5.69 Å². The number of hydrogen-bond donors (Lipinski definition) is 1. The Morgan fingerprint density at radius 3 is 3.24 bits per heavy atom. The number of hydrogen-bond acceptors (Lipinski definition) is 3. The minimum atomic E-state index is 0.877. The Kier molecular flexibility index (Phi) is 3.29. The van der Waals surface area contributed by atoms with Crippen LogP contribution in [0, 0.1) is 0 Å². The van der Waals surface area contributed by atoms with E-state index < -0.39 is 0 Å². The molecule has 2 aliphatic rings. The van der Waals surface area contributed by atoms with Crippen LogP contribution < -0.4 is 5.32 Å². The molecule has 1 aromatic rings. The number of nitrogens with zero attached hydrogens (tertiary/aromatic N) is 1. The van der Waals surface area contributed by atoms with Gasteiger partial charge in [0.15, 0.2) is 0 Å². The smallest absolute Gasteiger partial charge is 0.0593 e. The molecule has 0 radical (unpaired) electrons. The predicted octanol–water partition coefficient (Wildman–Crippen LogP) is 1.88. The predicted molar refractivity (Wildman–Crippen MR) is 69.3 cm³/mol. The fourth-order valence-electron chi connectivity index (χ4n) is 2.74. The molecule has 1 saturated heterocycles. The lowest BCUT2D eigenvalue weighted by atomic mass is 10.1. The van der Waals surface area contributed by atoms with Crippen molar-refractivity contribution in [2.24, 2.45) is 0 Å². The number of nitrogens with one attached hydrogen (secondary N) is 1. The zero-order chi connectivity index (χ0) is 11.5. The quantitative estimate of drug-likeness (QED) is 0.842. The van der Waals surface area contributed by atoms with E-state index in [0.29, 0.717) is 0 Å². The second kappa shape index (κ2) is 5.07. The summed E-state index contributed by atoms with van der Waals surface area (Å²) in [6.45, 7) is 6.16. The summed E-state index contributed by atoms with van der Waals surface area (Å²) in [6, 6.07) is 6.68. The van der Waals surface area contributed by atoms with Crippen LogP contribution in [-0.4, -0.2) is 37.7 Å². The van der Waals surface area contributed by atoms with Crippen molar-refractivity contribution in [1.82, 2.24) is 4.90 Å². The van der Waals surface area contributed by atoms with Crippen molar-refractivity contribution in [3.8, 4) is 0 Å². The molecule has 3 rings (SSSR count). The van der Waals surface area contributed by atoms with E-state index in [1.54, 1.807) is 0 Å². The second-order valence-electron chi connectivity index (χ2n) is 4.87. The van der Waals surface area contributed by atoms with E-state index in [9.17, 15) is 0 Å². The highest BCUT2D eigenvalue weighted by atomic mass is 16.5. The molecule has 0 unspecified atom stereocenters. The standard InChI is InChI=1S/C14H20N2O/c1-3-12-5-6-15-14(12)13(4-1)11-16-7-2-9-17-10-8-16/h1,3-4,15H,2,5-11H2. The van der Waals surface area contributed by atoms with Crippen molar-refractivity contribution >= 4 is 5.69 Å². The molecule has 0 aliphatic carbocycles. The molecule has 2 heterocycles. The van der Waals surface area contributed by atoms with Gasteiger partial charge in [0.1, 0.15) is 0 Å². The Morgan fingerprint density at radius 2 is 2.24 bits per heavy atom. The van der Waals surface area contributed by atoms with Crippen molar-refractivity contribution in [3.63, 3.8) is 0 Å². The molecule has 0 bridgehead atoms. The first-order chi connectivity index (χ1) is 8.43. The van der Waals surface area contributed by atoms with E-state index in [-0.39, 0.29) is 0 Å². The molecule has 0 spiro atoms. The third-order valence-electron chi connectivity index (χ3n) is 3.64. The van der Waals surface area contributed by atoms with Crippen LogP contribution in [0.5, 0.6) is 0 Å². The summed E-state index contributed by atoms with van der Waals surface area (Å²) in [5.74, 6) is 0. The van der Waals surface area contributed by atoms with E-state index >= 15 is 0 Å². The average Bonchev–Trinajstić information content (AvgIpc) is 2.69. The van der Waals surface area contributed by atoms with Gasteiger partial charge in [-0.1, -0.05) is 18.2 Å². The highest BCUT2D eigenvalue weighted by Crippen LogP contribution is 2.27. The van der Waals surface area contributed by atoms with Gasteiger partial charge in [-0.3, -0.25) is 4.90 Å². The maximum atomic E-state index is 5.50. The van der Waals surface area contributed by atoms with E-state index in [1.165, 1.54) is 23.2 Å². The molecular formula is C14H20N2O. The summed E-state index contributed by atoms with van der Waals surface area (Å²) in [4.78, 5) is 2.50. The summed E-state index contributed by atoms with van der Waals surface area (Å²) >= 11 is 0. The third kappa shape index (κ3) is 2.45. The van der Waals surface area contributed by atoms with Crippen molar-refractivity contribution in [3.05, 3.63) is 29.3 Å². The van der Waals surface area contributed by atoms with Crippen molar-refractivity contribution in [2.45, 2.75) is 19.4 Å². The van der Waals surface area contributed by atoms with Crippen LogP contribution in [0.1, 0.15) is 17.5 Å². The molecule has 17 heavy (non-hydrogen) atoms. The van der Waals surface area contributed by atoms with Crippen LogP contribution in [0.15, 0.2) is 18.2 Å². The van der Waals surface area contributed by atoms with Gasteiger partial charge in [0, 0.05) is 38.5 Å². The van der Waals surface area contributed by atoms with Gasteiger partial charge in [-0.25, -0.2) is 0 Å². The Balaban J connectivity index is 1.74. The molecule has 1 aromatic carbocycles. The first-order valence-electron chi connectivity index (χ1n) is 6.58. The van der Waals surface area contributed by atoms with Crippen LogP contribution in [0.3, 0.4) is 0 Å². The molecule has 3 nitrogen and oxygen atoms in total. The van der Waals surface area contributed by atoms with Gasteiger partial charge in [-0.2, -0.15) is 0 Å². The van der Waals surface area contributed by atoms with Gasteiger partial charge in [-0.15, -0.1) is 0 Å². The highest BCUT2D eigenvalue weighted by Gasteiger charge is 2.16. The van der Waals surface area contributed by atoms with Gasteiger partial charge < -0.3 is 10.1 Å². The third-order valence-corrected chi connectivity index (χ3v) is 3.64. The van der Waals surface area contributed by atoms with Gasteiger partial charge in [0.2, 0.25) is 0 Å². The number of ether oxygens (including phenoxy) is 1. The molecule has 2 aliphatic heterocycles. The second-order valence-corrected chi connectivity index (χ2v) is 4.87. The van der Waals surface area contributed by atoms with E-state index in [1.807, 2.05) is 0 Å². The SMILES string of the molecule is c1cc2c(c(CN3CCCOCC3)c1)NCC2. The molecule has 92 valence electrons. The van der Waals surface area contributed by atoms with Crippen molar-refractivity contribution in [2.75, 3.05) is 38.2 Å². The summed E-state index contributed by atoms with van der Waals surface area (Å²) in [7, 11) is 0. The lowest BCUT2D eigenvalue weighted by Crippen LogP contribution is -2.26. The lowest BCUT2D eigenvalue weighted by Gasteiger charge is -2.20. The van der Waals surface area contributed by atoms with E-state index in [2.05, 4.69) is 28.4 Å². The fourth-order valence-corrected chi connectivity index (χ4v) is 2.74. The topological polar surface area (TPSA) is 24.5 Å².